The van der Waals surface area contributed by atoms with E-state index in [-0.39, 0.29) is 52.1 Å². The van der Waals surface area contributed by atoms with E-state index in [4.69, 9.17) is 35.9 Å². The first kappa shape index (κ1) is 38.8. The van der Waals surface area contributed by atoms with Gasteiger partial charge in [-0.15, -0.1) is 4.83 Å². The van der Waals surface area contributed by atoms with Crippen molar-refractivity contribution in [3.63, 3.8) is 0 Å². The first-order valence-corrected chi connectivity index (χ1v) is 20.2. The SMILES string of the molecule is Cc1ccc(OP(=O)(NC2(C(=O)OCc3c(F)cccc3Cl)CCC2)OCC2OC(n3cnc4c(N(C)NS(C)(=O)=O)nc(N)nc43)[C@@H](C)[C@@H]2O)cc1. The van der Waals surface area contributed by atoms with E-state index in [1.807, 2.05) is 6.92 Å². The van der Waals surface area contributed by atoms with Crippen molar-refractivity contribution in [1.29, 1.82) is 0 Å². The van der Waals surface area contributed by atoms with Gasteiger partial charge in [0.05, 0.1) is 30.3 Å². The number of carbonyl (C=O) groups is 1. The predicted molar refractivity (Wildman–Crippen MR) is 191 cm³/mol. The van der Waals surface area contributed by atoms with Crippen molar-refractivity contribution < 1.29 is 45.8 Å². The van der Waals surface area contributed by atoms with E-state index in [0.717, 1.165) is 16.8 Å². The van der Waals surface area contributed by atoms with Crippen molar-refractivity contribution in [2.24, 2.45) is 5.92 Å². The Balaban J connectivity index is 1.22. The van der Waals surface area contributed by atoms with Gasteiger partial charge in [-0.3, -0.25) is 18.9 Å². The smallest absolute Gasteiger partial charge is 0.459 e. The molecule has 2 aromatic carbocycles. The fourth-order valence-electron chi connectivity index (χ4n) is 6.07. The zero-order chi connectivity index (χ0) is 38.3. The van der Waals surface area contributed by atoms with Crippen LogP contribution in [0, 0.1) is 18.7 Å². The van der Waals surface area contributed by atoms with Gasteiger partial charge in [0.15, 0.2) is 17.0 Å². The number of aliphatic hydroxyl groups excluding tert-OH is 1. The van der Waals surface area contributed by atoms with Gasteiger partial charge < -0.3 is 24.8 Å². The van der Waals surface area contributed by atoms with Crippen LogP contribution >= 0.6 is 19.3 Å². The second-order valence-electron chi connectivity index (χ2n) is 13.1. The van der Waals surface area contributed by atoms with Gasteiger partial charge in [-0.2, -0.15) is 15.1 Å². The minimum atomic E-state index is -4.43. The van der Waals surface area contributed by atoms with Crippen molar-refractivity contribution in [3.8, 4) is 5.75 Å². The minimum Gasteiger partial charge on any atom is -0.459 e. The molecule has 286 valence electrons. The summed E-state index contributed by atoms with van der Waals surface area (Å²) < 4.78 is 77.7. The molecular weight excluding hydrogens is 758 g/mol. The molecular formula is C32H39ClFN8O9PS. The number of ether oxygens (including phenoxy) is 2. The molecule has 0 spiro atoms. The number of carbonyl (C=O) groups excluding carboxylic acids is 1. The number of aryl methyl sites for hydroxylation is 1. The molecule has 2 aliphatic rings. The van der Waals surface area contributed by atoms with Crippen LogP contribution in [0.15, 0.2) is 48.8 Å². The lowest BCUT2D eigenvalue weighted by molar-refractivity contribution is -0.156. The average molecular weight is 797 g/mol. The maximum Gasteiger partial charge on any atom is 0.459 e. The van der Waals surface area contributed by atoms with E-state index >= 15 is 0 Å². The lowest BCUT2D eigenvalue weighted by Crippen LogP contribution is -2.57. The summed E-state index contributed by atoms with van der Waals surface area (Å²) in [5.41, 5.74) is 5.78. The van der Waals surface area contributed by atoms with Crippen LogP contribution in [0.5, 0.6) is 5.75 Å². The average Bonchev–Trinajstić information content (AvgIpc) is 3.61. The number of esters is 1. The molecule has 6 rings (SSSR count). The Kier molecular flexibility index (Phi) is 11.0. The Labute approximate surface area is 309 Å². The molecule has 53 heavy (non-hydrogen) atoms. The number of nitrogens with one attached hydrogen (secondary N) is 2. The Hall–Kier alpha value is -3.94. The van der Waals surface area contributed by atoms with Gasteiger partial charge in [0.1, 0.15) is 36.0 Å². The highest BCUT2D eigenvalue weighted by molar-refractivity contribution is 7.88. The Morgan fingerprint density at radius 1 is 1.25 bits per heavy atom. The van der Waals surface area contributed by atoms with Crippen LogP contribution in [0.1, 0.15) is 43.5 Å². The Morgan fingerprint density at radius 2 is 1.96 bits per heavy atom. The van der Waals surface area contributed by atoms with Crippen LogP contribution in [0.3, 0.4) is 0 Å². The van der Waals surface area contributed by atoms with Crippen LogP contribution in [0.4, 0.5) is 16.2 Å². The molecule has 4 aromatic rings. The maximum atomic E-state index is 14.5. The van der Waals surface area contributed by atoms with E-state index < -0.39 is 72.7 Å². The van der Waals surface area contributed by atoms with E-state index in [0.29, 0.717) is 6.42 Å². The highest BCUT2D eigenvalue weighted by atomic mass is 35.5. The molecule has 5 atom stereocenters. The molecule has 1 aliphatic carbocycles. The van der Waals surface area contributed by atoms with Crippen LogP contribution in [-0.4, -0.2) is 76.7 Å². The number of nitrogen functional groups attached to an aromatic ring is 1. The largest absolute Gasteiger partial charge is 0.459 e. The van der Waals surface area contributed by atoms with Gasteiger partial charge >= 0.3 is 13.7 Å². The Morgan fingerprint density at radius 3 is 2.60 bits per heavy atom. The molecule has 0 bridgehead atoms. The number of benzene rings is 2. The lowest BCUT2D eigenvalue weighted by atomic mass is 9.78. The number of aromatic nitrogens is 4. The summed E-state index contributed by atoms with van der Waals surface area (Å²) in [5.74, 6) is -1.96. The summed E-state index contributed by atoms with van der Waals surface area (Å²) in [6.45, 7) is 2.67. The molecule has 1 saturated heterocycles. The summed E-state index contributed by atoms with van der Waals surface area (Å²) >= 11 is 6.12. The van der Waals surface area contributed by atoms with Crippen molar-refractivity contribution in [3.05, 3.63) is 70.8 Å². The molecule has 3 unspecified atom stereocenters. The summed E-state index contributed by atoms with van der Waals surface area (Å²) in [6, 6.07) is 10.8. The topological polar surface area (TPSA) is 222 Å². The predicted octanol–water partition coefficient (Wildman–Crippen LogP) is 3.76. The third-order valence-corrected chi connectivity index (χ3v) is 11.6. The number of sulfonamides is 1. The van der Waals surface area contributed by atoms with Gasteiger partial charge in [-0.25, -0.2) is 22.4 Å². The second kappa shape index (κ2) is 15.1. The zero-order valence-corrected chi connectivity index (χ0v) is 31.6. The number of aliphatic hydroxyl groups is 1. The van der Waals surface area contributed by atoms with E-state index in [1.165, 1.54) is 36.1 Å². The molecule has 1 saturated carbocycles. The van der Waals surface area contributed by atoms with Gasteiger partial charge in [-0.05, 0) is 50.5 Å². The minimum absolute atomic E-state index is 0.00277. The van der Waals surface area contributed by atoms with Gasteiger partial charge in [0.25, 0.3) is 0 Å². The van der Waals surface area contributed by atoms with Crippen LogP contribution < -0.4 is 25.2 Å². The van der Waals surface area contributed by atoms with Crippen molar-refractivity contribution in [2.75, 3.05) is 30.7 Å². The molecule has 21 heteroatoms. The molecule has 2 fully saturated rings. The molecule has 1 aliphatic heterocycles. The second-order valence-corrected chi connectivity index (χ2v) is 16.9. The first-order valence-electron chi connectivity index (χ1n) is 16.4. The van der Waals surface area contributed by atoms with Crippen LogP contribution in [0.2, 0.25) is 5.02 Å². The Bertz CT molecular complexity index is 2140. The molecule has 2 aromatic heterocycles. The molecule has 3 heterocycles. The van der Waals surface area contributed by atoms with Gasteiger partial charge in [0.2, 0.25) is 16.0 Å². The summed E-state index contributed by atoms with van der Waals surface area (Å²) in [4.78, 5) is 28.6. The maximum absolute atomic E-state index is 14.5. The first-order chi connectivity index (χ1) is 25.0. The van der Waals surface area contributed by atoms with Gasteiger partial charge in [-0.1, -0.05) is 42.3 Å². The summed E-state index contributed by atoms with van der Waals surface area (Å²) in [5, 5.41) is 15.3. The number of hydrogen-bond donors (Lipinski definition) is 4. The number of anilines is 2. The van der Waals surface area contributed by atoms with Crippen LogP contribution in [-0.2, 0) is 40.0 Å². The fourth-order valence-corrected chi connectivity index (χ4v) is 8.61. The third kappa shape index (κ3) is 8.42. The highest BCUT2D eigenvalue weighted by Crippen LogP contribution is 2.51. The van der Waals surface area contributed by atoms with Crippen molar-refractivity contribution in [1.82, 2.24) is 29.4 Å². The zero-order valence-electron chi connectivity index (χ0n) is 29.1. The third-order valence-electron chi connectivity index (χ3n) is 9.01. The number of hydrazine groups is 1. The molecule has 0 amide bonds. The number of halogens is 2. The number of imidazole rings is 1. The fraction of sp³-hybridized carbons (Fsp3) is 0.438. The quantitative estimate of drug-likeness (QED) is 0.0811. The number of hydrogen-bond acceptors (Lipinski definition) is 14. The van der Waals surface area contributed by atoms with Crippen molar-refractivity contribution in [2.45, 2.75) is 63.7 Å². The number of nitrogens with zero attached hydrogens (tertiary/aromatic N) is 5. The summed E-state index contributed by atoms with van der Waals surface area (Å²) in [7, 11) is -6.68. The normalized spacial score (nSPS) is 22.2. The standard InChI is InChI=1S/C32H39ClFN8O9PS/c1-18-9-11-20(12-10-18)51-52(45,39-32(13-6-14-32)30(44)48-15-21-22(33)7-5-8-23(21)34)49-16-24-26(43)19(2)29(50-24)42-17-36-25-27(37-31(35)38-28(25)42)41(3)40-53(4,46)47/h5,7-12,17,19,24,26,29,40,43H,6,13-16H2,1-4H3,(H,39,45)(H2,35,37,38)/t19-,24?,26-,29?,52?/m0/s1. The monoisotopic (exact) mass is 796 g/mol. The number of nitrogens with two attached hydrogens (primary N) is 1. The van der Waals surface area contributed by atoms with E-state index in [1.54, 1.807) is 31.2 Å². The highest BCUT2D eigenvalue weighted by Gasteiger charge is 2.52. The molecule has 0 radical (unpaired) electrons. The lowest BCUT2D eigenvalue weighted by Gasteiger charge is -2.41. The molecule has 5 N–H and O–H groups in total. The summed E-state index contributed by atoms with van der Waals surface area (Å²) in [6.07, 6.45) is 0.285. The van der Waals surface area contributed by atoms with E-state index in [2.05, 4.69) is 24.9 Å². The van der Waals surface area contributed by atoms with Crippen LogP contribution in [0.25, 0.3) is 11.2 Å². The van der Waals surface area contributed by atoms with E-state index in [9.17, 15) is 27.3 Å². The molecule has 17 nitrogen and oxygen atoms in total. The van der Waals surface area contributed by atoms with Gasteiger partial charge in [0, 0.05) is 18.5 Å². The van der Waals surface area contributed by atoms with Crippen molar-refractivity contribution >= 4 is 58.3 Å². The number of rotatable bonds is 14. The number of fused-ring (bicyclic) bond motifs is 1.